The molecule has 1 aromatic heterocycles. The van der Waals surface area contributed by atoms with Gasteiger partial charge in [-0.1, -0.05) is 35.9 Å². The van der Waals surface area contributed by atoms with E-state index < -0.39 is 18.4 Å². The average Bonchev–Trinajstić information content (AvgIpc) is 3.49. The Kier molecular flexibility index (Phi) is 6.36. The number of hydrogen-bond acceptors (Lipinski definition) is 6. The molecule has 0 amide bonds. The summed E-state index contributed by atoms with van der Waals surface area (Å²) < 4.78 is 13.0. The Labute approximate surface area is 213 Å². The van der Waals surface area contributed by atoms with Crippen LogP contribution in [0.4, 0.5) is 0 Å². The highest BCUT2D eigenvalue weighted by Gasteiger charge is 2.33. The Bertz CT molecular complexity index is 1430. The van der Waals surface area contributed by atoms with E-state index in [0.717, 1.165) is 30.8 Å². The van der Waals surface area contributed by atoms with Crippen molar-refractivity contribution in [2.45, 2.75) is 39.3 Å². The highest BCUT2D eigenvalue weighted by Crippen LogP contribution is 2.34. The predicted molar refractivity (Wildman–Crippen MR) is 132 cm³/mol. The minimum Gasteiger partial charge on any atom is -0.454 e. The van der Waals surface area contributed by atoms with E-state index in [0.29, 0.717) is 17.7 Å². The molecule has 2 heterocycles. The molecule has 1 saturated heterocycles. The second kappa shape index (κ2) is 9.48. The summed E-state index contributed by atoms with van der Waals surface area (Å²) >= 11 is 6.44. The number of Topliss-reactive ketones (excluding diaryl/α,β-unsaturated/α-hetero) is 1. The van der Waals surface area contributed by atoms with Crippen molar-refractivity contribution in [1.82, 2.24) is 4.57 Å². The molecule has 0 bridgehead atoms. The van der Waals surface area contributed by atoms with Crippen molar-refractivity contribution in [2.24, 2.45) is 0 Å². The summed E-state index contributed by atoms with van der Waals surface area (Å²) in [5, 5.41) is -0.160. The Morgan fingerprint density at radius 2 is 1.75 bits per heavy atom. The van der Waals surface area contributed by atoms with Crippen molar-refractivity contribution >= 4 is 34.9 Å². The van der Waals surface area contributed by atoms with Crippen molar-refractivity contribution in [2.75, 3.05) is 13.2 Å². The molecule has 8 heteroatoms. The fourth-order valence-electron chi connectivity index (χ4n) is 4.95. The van der Waals surface area contributed by atoms with Crippen molar-refractivity contribution in [3.05, 3.63) is 92.3 Å². The standard InChI is InChI=1S/C28H24ClNO6/c1-15-12-22(16(2)30(15)13-17-6-5-11-35-17)23(31)14-36-28(34)21-10-9-20-24(25(21)29)27(33)19-8-4-3-7-18(19)26(20)32/h3-4,7-10,12,17H,5-6,11,13-14H2,1-2H3/t17-/m0/s1. The second-order valence-corrected chi connectivity index (χ2v) is 9.46. The van der Waals surface area contributed by atoms with Crippen LogP contribution in [0.3, 0.4) is 0 Å². The lowest BCUT2D eigenvalue weighted by molar-refractivity contribution is 0.0474. The third kappa shape index (κ3) is 4.08. The number of aryl methyl sites for hydroxylation is 1. The number of ketones is 3. The first kappa shape index (κ1) is 24.2. The Balaban J connectivity index is 1.33. The van der Waals surface area contributed by atoms with Gasteiger partial charge in [-0.25, -0.2) is 4.79 Å². The minimum absolute atomic E-state index is 0.0289. The molecule has 0 N–H and O–H groups in total. The van der Waals surface area contributed by atoms with Gasteiger partial charge in [0.05, 0.1) is 22.3 Å². The first-order chi connectivity index (χ1) is 17.3. The molecule has 7 nitrogen and oxygen atoms in total. The van der Waals surface area contributed by atoms with E-state index in [4.69, 9.17) is 21.1 Å². The van der Waals surface area contributed by atoms with Crippen molar-refractivity contribution < 1.29 is 28.7 Å². The first-order valence-electron chi connectivity index (χ1n) is 11.8. The number of ether oxygens (including phenoxy) is 2. The van der Waals surface area contributed by atoms with Gasteiger partial charge in [-0.2, -0.15) is 0 Å². The van der Waals surface area contributed by atoms with Crippen LogP contribution in [0.2, 0.25) is 5.02 Å². The number of benzene rings is 2. The van der Waals surface area contributed by atoms with E-state index in [2.05, 4.69) is 0 Å². The number of hydrogen-bond donors (Lipinski definition) is 0. The van der Waals surface area contributed by atoms with Crippen LogP contribution in [0.15, 0.2) is 42.5 Å². The Morgan fingerprint density at radius 1 is 1.03 bits per heavy atom. The molecule has 3 aromatic rings. The van der Waals surface area contributed by atoms with E-state index in [-0.39, 0.29) is 44.9 Å². The first-order valence-corrected chi connectivity index (χ1v) is 12.1. The van der Waals surface area contributed by atoms with Gasteiger partial charge in [-0.15, -0.1) is 0 Å². The summed E-state index contributed by atoms with van der Waals surface area (Å²) in [6.07, 6.45) is 2.14. The molecule has 0 saturated carbocycles. The van der Waals surface area contributed by atoms with E-state index >= 15 is 0 Å². The van der Waals surface area contributed by atoms with Gasteiger partial charge in [0.25, 0.3) is 0 Å². The molecule has 5 rings (SSSR count). The number of aromatic nitrogens is 1. The highest BCUT2D eigenvalue weighted by atomic mass is 35.5. The molecular weight excluding hydrogens is 482 g/mol. The maximum absolute atomic E-state index is 13.0. The molecule has 1 atom stereocenters. The average molecular weight is 506 g/mol. The molecule has 0 radical (unpaired) electrons. The summed E-state index contributed by atoms with van der Waals surface area (Å²) in [5.41, 5.74) is 2.76. The SMILES string of the molecule is Cc1cc(C(=O)COC(=O)c2ccc3c(c2Cl)C(=O)c2ccccc2C3=O)c(C)n1C[C@@H]1CCCO1. The molecule has 0 spiro atoms. The lowest BCUT2D eigenvalue weighted by Crippen LogP contribution is -2.23. The van der Waals surface area contributed by atoms with Crippen LogP contribution in [-0.4, -0.2) is 47.2 Å². The zero-order chi connectivity index (χ0) is 25.6. The van der Waals surface area contributed by atoms with Crippen molar-refractivity contribution in [3.63, 3.8) is 0 Å². The van der Waals surface area contributed by atoms with Gasteiger partial charge in [0.2, 0.25) is 5.78 Å². The van der Waals surface area contributed by atoms with Gasteiger partial charge in [-0.05, 0) is 44.9 Å². The molecule has 36 heavy (non-hydrogen) atoms. The van der Waals surface area contributed by atoms with E-state index in [1.807, 2.05) is 18.4 Å². The summed E-state index contributed by atoms with van der Waals surface area (Å²) in [6.45, 7) is 4.73. The fraction of sp³-hybridized carbons (Fsp3) is 0.286. The normalized spacial score (nSPS) is 16.6. The minimum atomic E-state index is -0.844. The van der Waals surface area contributed by atoms with Crippen LogP contribution < -0.4 is 0 Å². The van der Waals surface area contributed by atoms with Crippen LogP contribution in [0, 0.1) is 13.8 Å². The highest BCUT2D eigenvalue weighted by molar-refractivity contribution is 6.41. The van der Waals surface area contributed by atoms with Gasteiger partial charge in [0.1, 0.15) is 0 Å². The smallest absolute Gasteiger partial charge is 0.340 e. The zero-order valence-electron chi connectivity index (χ0n) is 19.9. The van der Waals surface area contributed by atoms with Crippen molar-refractivity contribution in [1.29, 1.82) is 0 Å². The van der Waals surface area contributed by atoms with E-state index in [1.165, 1.54) is 12.1 Å². The molecule has 1 aliphatic carbocycles. The van der Waals surface area contributed by atoms with Crippen LogP contribution in [0.1, 0.15) is 76.8 Å². The fourth-order valence-corrected chi connectivity index (χ4v) is 5.27. The van der Waals surface area contributed by atoms with Gasteiger partial charge in [0.15, 0.2) is 18.2 Å². The molecule has 184 valence electrons. The maximum atomic E-state index is 13.0. The topological polar surface area (TPSA) is 91.7 Å². The van der Waals surface area contributed by atoms with Gasteiger partial charge >= 0.3 is 5.97 Å². The third-order valence-electron chi connectivity index (χ3n) is 6.87. The molecule has 2 aliphatic rings. The van der Waals surface area contributed by atoms with Crippen LogP contribution in [0.5, 0.6) is 0 Å². The molecule has 2 aromatic carbocycles. The molecular formula is C28H24ClNO6. The largest absolute Gasteiger partial charge is 0.454 e. The van der Waals surface area contributed by atoms with Gasteiger partial charge < -0.3 is 14.0 Å². The zero-order valence-corrected chi connectivity index (χ0v) is 20.7. The third-order valence-corrected chi connectivity index (χ3v) is 7.26. The summed E-state index contributed by atoms with van der Waals surface area (Å²) in [7, 11) is 0. The quantitative estimate of drug-likeness (QED) is 0.277. The number of carbonyl (C=O) groups excluding carboxylic acids is 4. The van der Waals surface area contributed by atoms with Crippen molar-refractivity contribution in [3.8, 4) is 0 Å². The Morgan fingerprint density at radius 3 is 2.44 bits per heavy atom. The van der Waals surface area contributed by atoms with Crippen LogP contribution >= 0.6 is 11.6 Å². The molecule has 0 unspecified atom stereocenters. The van der Waals surface area contributed by atoms with E-state index in [1.54, 1.807) is 30.3 Å². The molecule has 1 fully saturated rings. The molecule has 1 aliphatic heterocycles. The monoisotopic (exact) mass is 505 g/mol. The lowest BCUT2D eigenvalue weighted by Gasteiger charge is -2.19. The van der Waals surface area contributed by atoms with Crippen LogP contribution in [-0.2, 0) is 16.0 Å². The predicted octanol–water partition coefficient (Wildman–Crippen LogP) is 4.75. The number of rotatable bonds is 6. The van der Waals surface area contributed by atoms with Gasteiger partial charge in [0, 0.05) is 46.8 Å². The van der Waals surface area contributed by atoms with Crippen LogP contribution in [0.25, 0.3) is 0 Å². The number of carbonyl (C=O) groups is 4. The number of halogens is 1. The maximum Gasteiger partial charge on any atom is 0.340 e. The Hall–Kier alpha value is -3.55. The summed E-state index contributed by atoms with van der Waals surface area (Å²) in [5.74, 6) is -1.96. The number of nitrogens with zero attached hydrogens (tertiary/aromatic N) is 1. The lowest BCUT2D eigenvalue weighted by atomic mass is 9.83. The number of fused-ring (bicyclic) bond motifs is 2. The van der Waals surface area contributed by atoms with E-state index in [9.17, 15) is 19.2 Å². The van der Waals surface area contributed by atoms with Gasteiger partial charge in [-0.3, -0.25) is 14.4 Å². The second-order valence-electron chi connectivity index (χ2n) is 9.08. The summed E-state index contributed by atoms with van der Waals surface area (Å²) in [4.78, 5) is 51.6. The number of esters is 1. The summed E-state index contributed by atoms with van der Waals surface area (Å²) in [6, 6.07) is 11.0.